The number of hydrogen-bond donors (Lipinski definition) is 1. The van der Waals surface area contributed by atoms with E-state index in [1.807, 2.05) is 18.2 Å². The molecule has 2 aromatic heterocycles. The van der Waals surface area contributed by atoms with Crippen LogP contribution in [-0.2, 0) is 23.0 Å². The van der Waals surface area contributed by atoms with Gasteiger partial charge in [0.15, 0.2) is 0 Å². The van der Waals surface area contributed by atoms with E-state index < -0.39 is 0 Å². The van der Waals surface area contributed by atoms with Crippen molar-refractivity contribution in [1.29, 1.82) is 5.26 Å². The van der Waals surface area contributed by atoms with Gasteiger partial charge in [-0.2, -0.15) is 5.26 Å². The van der Waals surface area contributed by atoms with Gasteiger partial charge in [-0.15, -0.1) is 5.10 Å². The number of nitrogens with zero attached hydrogens (tertiary/aromatic N) is 7. The van der Waals surface area contributed by atoms with E-state index in [1.165, 1.54) is 24.2 Å². The minimum absolute atomic E-state index is 0.110. The normalized spacial score (nSPS) is 21.9. The van der Waals surface area contributed by atoms with Gasteiger partial charge in [0.05, 0.1) is 25.4 Å². The lowest BCUT2D eigenvalue weighted by Gasteiger charge is -2.42. The van der Waals surface area contributed by atoms with Gasteiger partial charge in [0.1, 0.15) is 30.2 Å². The van der Waals surface area contributed by atoms with Crippen LogP contribution in [0.15, 0.2) is 36.8 Å². The number of pyridine rings is 1. The summed E-state index contributed by atoms with van der Waals surface area (Å²) in [6.07, 6.45) is 5.90. The zero-order valence-corrected chi connectivity index (χ0v) is 21.5. The number of halogens is 1. The molecule has 0 radical (unpaired) electrons. The van der Waals surface area contributed by atoms with Crippen molar-refractivity contribution in [2.45, 2.75) is 30.9 Å². The molecule has 3 atom stereocenters. The second kappa shape index (κ2) is 13.1. The van der Waals surface area contributed by atoms with Crippen molar-refractivity contribution in [3.05, 3.63) is 65.0 Å². The molecule has 12 heteroatoms. The topological polar surface area (TPSA) is 131 Å². The van der Waals surface area contributed by atoms with E-state index in [0.29, 0.717) is 30.3 Å². The summed E-state index contributed by atoms with van der Waals surface area (Å²) in [7, 11) is 3.19. The fraction of sp³-hybridized carbons (Fsp3) is 0.462. The molecule has 4 heterocycles. The number of benzene rings is 1. The first-order chi connectivity index (χ1) is 18.5. The van der Waals surface area contributed by atoms with Gasteiger partial charge < -0.3 is 19.6 Å². The van der Waals surface area contributed by atoms with Crippen LogP contribution in [0.25, 0.3) is 0 Å². The van der Waals surface area contributed by atoms with E-state index in [2.05, 4.69) is 30.7 Å². The maximum Gasteiger partial charge on any atom is 0.139 e. The zero-order chi connectivity index (χ0) is 26.9. The molecule has 3 unspecified atom stereocenters. The molecule has 0 saturated carbocycles. The number of nitrogens with one attached hydrogen (secondary N) is 1. The van der Waals surface area contributed by atoms with Crippen molar-refractivity contribution in [2.75, 3.05) is 39.9 Å². The van der Waals surface area contributed by atoms with Gasteiger partial charge in [-0.05, 0) is 41.0 Å². The van der Waals surface area contributed by atoms with E-state index in [9.17, 15) is 9.18 Å². The molecule has 6 rings (SSSR count). The van der Waals surface area contributed by atoms with Crippen LogP contribution in [-0.4, -0.2) is 82.3 Å². The Hall–Kier alpha value is -3.79. The number of tetrazole rings is 1. The van der Waals surface area contributed by atoms with E-state index in [-0.39, 0.29) is 23.6 Å². The smallest absolute Gasteiger partial charge is 0.139 e. The molecule has 2 saturated heterocycles. The highest BCUT2D eigenvalue weighted by Gasteiger charge is 2.33. The Balaban J connectivity index is 0.000000163. The molecule has 200 valence electrons. The van der Waals surface area contributed by atoms with Crippen LogP contribution in [0.1, 0.15) is 40.8 Å². The number of morpholine rings is 1. The lowest BCUT2D eigenvalue weighted by Crippen LogP contribution is -2.57. The van der Waals surface area contributed by atoms with Gasteiger partial charge in [-0.3, -0.25) is 9.88 Å². The largest absolute Gasteiger partial charge is 0.495 e. The number of aryl methyl sites for hydroxylation is 2. The molecule has 1 N–H and O–H groups in total. The summed E-state index contributed by atoms with van der Waals surface area (Å²) in [5.74, 6) is -0.0160. The molecule has 0 amide bonds. The first-order valence-corrected chi connectivity index (χ1v) is 12.4. The Morgan fingerprint density at radius 1 is 1.34 bits per heavy atom. The predicted molar refractivity (Wildman–Crippen MR) is 135 cm³/mol. The number of aldehydes is 1. The van der Waals surface area contributed by atoms with Gasteiger partial charge in [0, 0.05) is 68.7 Å². The summed E-state index contributed by atoms with van der Waals surface area (Å²) in [5, 5.41) is 22.6. The SMILES string of the molecule is COc1cc(F)c(C2CN3CCNCC3CO2)cc1C#N.Cn1cnnn1.O=CC1CCc2ncccc21. The molecule has 1 aromatic carbocycles. The van der Waals surface area contributed by atoms with Gasteiger partial charge in [-0.1, -0.05) is 6.07 Å². The lowest BCUT2D eigenvalue weighted by molar-refractivity contribution is -0.109. The van der Waals surface area contributed by atoms with Crippen molar-refractivity contribution >= 4 is 6.29 Å². The molecule has 38 heavy (non-hydrogen) atoms. The average molecular weight is 523 g/mol. The minimum Gasteiger partial charge on any atom is -0.495 e. The molecular formula is C26H31FN8O3. The van der Waals surface area contributed by atoms with Crippen molar-refractivity contribution in [1.82, 2.24) is 35.4 Å². The molecule has 2 aliphatic heterocycles. The first-order valence-electron chi connectivity index (χ1n) is 12.4. The number of fused-ring (bicyclic) bond motifs is 2. The number of rotatable bonds is 3. The van der Waals surface area contributed by atoms with Crippen LogP contribution < -0.4 is 10.1 Å². The van der Waals surface area contributed by atoms with Gasteiger partial charge >= 0.3 is 0 Å². The zero-order valence-electron chi connectivity index (χ0n) is 21.5. The van der Waals surface area contributed by atoms with Gasteiger partial charge in [0.25, 0.3) is 0 Å². The van der Waals surface area contributed by atoms with Crippen LogP contribution in [0.2, 0.25) is 0 Å². The number of aromatic nitrogens is 5. The van der Waals surface area contributed by atoms with Gasteiger partial charge in [0.2, 0.25) is 0 Å². The highest BCUT2D eigenvalue weighted by atomic mass is 19.1. The average Bonchev–Trinajstić information content (AvgIpc) is 3.62. The first kappa shape index (κ1) is 27.3. The molecule has 3 aromatic rings. The van der Waals surface area contributed by atoms with E-state index in [0.717, 1.165) is 50.0 Å². The number of hydrogen-bond acceptors (Lipinski definition) is 10. The van der Waals surface area contributed by atoms with E-state index in [4.69, 9.17) is 14.7 Å². The molecule has 0 bridgehead atoms. The fourth-order valence-electron chi connectivity index (χ4n) is 4.76. The third kappa shape index (κ3) is 6.55. The Bertz CT molecular complexity index is 1250. The van der Waals surface area contributed by atoms with E-state index in [1.54, 1.807) is 19.3 Å². The standard InChI is InChI=1S/C15H18FN3O2.C9H9NO.C2H4N4/c1-20-14-5-13(16)12(4-10(14)6-17)15-8-19-3-2-18-7-11(19)9-21-15;11-6-7-3-4-9-8(7)2-1-5-10-9;1-6-2-3-4-5-6/h4-5,11,15,18H,2-3,7-9H2,1H3;1-2,5-7H,3-4H2;2H,1H3. The Morgan fingerprint density at radius 3 is 2.89 bits per heavy atom. The quantitative estimate of drug-likeness (QED) is 0.506. The summed E-state index contributed by atoms with van der Waals surface area (Å²) in [6.45, 7) is 4.01. The van der Waals surface area contributed by atoms with Crippen molar-refractivity contribution in [3.8, 4) is 11.8 Å². The summed E-state index contributed by atoms with van der Waals surface area (Å²) in [5.41, 5.74) is 3.00. The molecule has 1 aliphatic carbocycles. The third-order valence-electron chi connectivity index (χ3n) is 6.78. The van der Waals surface area contributed by atoms with Crippen molar-refractivity contribution < 1.29 is 18.7 Å². The summed E-state index contributed by atoms with van der Waals surface area (Å²) in [4.78, 5) is 17.1. The Kier molecular flexibility index (Phi) is 9.42. The third-order valence-corrected chi connectivity index (χ3v) is 6.78. The lowest BCUT2D eigenvalue weighted by atomic mass is 10.0. The minimum atomic E-state index is -0.385. The highest BCUT2D eigenvalue weighted by Crippen LogP contribution is 2.31. The number of ether oxygens (including phenoxy) is 2. The molecule has 0 spiro atoms. The number of piperazine rings is 1. The highest BCUT2D eigenvalue weighted by molar-refractivity contribution is 5.64. The molecule has 2 fully saturated rings. The van der Waals surface area contributed by atoms with Gasteiger partial charge in [-0.25, -0.2) is 9.07 Å². The molecule has 11 nitrogen and oxygen atoms in total. The monoisotopic (exact) mass is 522 g/mol. The van der Waals surface area contributed by atoms with Crippen molar-refractivity contribution in [3.63, 3.8) is 0 Å². The maximum atomic E-state index is 14.3. The van der Waals surface area contributed by atoms with Crippen LogP contribution in [0.3, 0.4) is 0 Å². The number of nitriles is 1. The number of carbonyl (C=O) groups is 1. The summed E-state index contributed by atoms with van der Waals surface area (Å²) >= 11 is 0. The van der Waals surface area contributed by atoms with Crippen LogP contribution >= 0.6 is 0 Å². The summed E-state index contributed by atoms with van der Waals surface area (Å²) in [6, 6.07) is 9.08. The van der Waals surface area contributed by atoms with Crippen LogP contribution in [0.4, 0.5) is 4.39 Å². The van der Waals surface area contributed by atoms with E-state index >= 15 is 0 Å². The second-order valence-electron chi connectivity index (χ2n) is 9.16. The molecule has 3 aliphatic rings. The number of methoxy groups -OCH3 is 1. The fourth-order valence-corrected chi connectivity index (χ4v) is 4.76. The second-order valence-corrected chi connectivity index (χ2v) is 9.16. The Morgan fingerprint density at radius 2 is 2.21 bits per heavy atom. The molecular weight excluding hydrogens is 491 g/mol. The van der Waals surface area contributed by atoms with Crippen LogP contribution in [0.5, 0.6) is 5.75 Å². The maximum absolute atomic E-state index is 14.3. The van der Waals surface area contributed by atoms with Crippen LogP contribution in [0, 0.1) is 17.1 Å². The predicted octanol–water partition coefficient (Wildman–Crippen LogP) is 1.57. The Labute approximate surface area is 220 Å². The summed E-state index contributed by atoms with van der Waals surface area (Å²) < 4.78 is 26.6. The van der Waals surface area contributed by atoms with Crippen molar-refractivity contribution in [2.24, 2.45) is 7.05 Å². The number of carbonyl (C=O) groups excluding carboxylic acids is 1.